The van der Waals surface area contributed by atoms with Crippen LogP contribution in [0.3, 0.4) is 0 Å². The van der Waals surface area contributed by atoms with Gasteiger partial charge < -0.3 is 9.32 Å². The lowest BCUT2D eigenvalue weighted by Gasteiger charge is -2.31. The highest BCUT2D eigenvalue weighted by molar-refractivity contribution is 5.94. The van der Waals surface area contributed by atoms with E-state index in [1.54, 1.807) is 6.26 Å². The van der Waals surface area contributed by atoms with Crippen molar-refractivity contribution < 1.29 is 9.21 Å². The number of hydrogen-bond donors (Lipinski definition) is 0. The zero-order valence-electron chi connectivity index (χ0n) is 17.5. The molecule has 0 radical (unpaired) electrons. The van der Waals surface area contributed by atoms with Gasteiger partial charge in [-0.05, 0) is 51.3 Å². The summed E-state index contributed by atoms with van der Waals surface area (Å²) in [6, 6.07) is 4.32. The van der Waals surface area contributed by atoms with Crippen LogP contribution in [-0.4, -0.2) is 51.7 Å². The molecule has 6 heteroatoms. The van der Waals surface area contributed by atoms with Crippen LogP contribution in [0.5, 0.6) is 0 Å². The monoisotopic (exact) mass is 396 g/mol. The first kappa shape index (κ1) is 20.0. The summed E-state index contributed by atoms with van der Waals surface area (Å²) in [6.45, 7) is 7.01. The number of carbonyl (C=O) groups is 1. The van der Waals surface area contributed by atoms with Gasteiger partial charge in [-0.2, -0.15) is 5.10 Å². The molecule has 0 bridgehead atoms. The van der Waals surface area contributed by atoms with Gasteiger partial charge in [0, 0.05) is 30.4 Å². The summed E-state index contributed by atoms with van der Waals surface area (Å²) in [5.41, 5.74) is 3.02. The molecular weight excluding hydrogens is 364 g/mol. The van der Waals surface area contributed by atoms with Crippen LogP contribution in [0.4, 0.5) is 0 Å². The molecule has 0 spiro atoms. The molecule has 3 heterocycles. The molecule has 1 aliphatic heterocycles. The minimum Gasteiger partial charge on any atom is -0.468 e. The third-order valence-corrected chi connectivity index (χ3v) is 6.33. The lowest BCUT2D eigenvalue weighted by Crippen LogP contribution is -2.37. The maximum absolute atomic E-state index is 13.4. The summed E-state index contributed by atoms with van der Waals surface area (Å²) in [7, 11) is 2.14. The van der Waals surface area contributed by atoms with E-state index >= 15 is 0 Å². The SMILES string of the molecule is C=CCn1nc(C(=O)N2CCCCCC2)c2c1CCC(N(C)Cc1ccco1)C2. The van der Waals surface area contributed by atoms with Gasteiger partial charge in [-0.3, -0.25) is 14.4 Å². The molecule has 1 saturated heterocycles. The second kappa shape index (κ2) is 8.99. The van der Waals surface area contributed by atoms with Crippen molar-refractivity contribution in [1.29, 1.82) is 0 Å². The number of hydrogen-bond acceptors (Lipinski definition) is 4. The first-order valence-corrected chi connectivity index (χ1v) is 10.9. The van der Waals surface area contributed by atoms with E-state index in [4.69, 9.17) is 9.52 Å². The number of likely N-dealkylation sites (tertiary alicyclic amines) is 1. The summed E-state index contributed by atoms with van der Waals surface area (Å²) in [6.07, 6.45) is 11.1. The summed E-state index contributed by atoms with van der Waals surface area (Å²) in [5.74, 6) is 1.09. The molecule has 2 aromatic rings. The average molecular weight is 397 g/mol. The van der Waals surface area contributed by atoms with Crippen molar-refractivity contribution in [1.82, 2.24) is 19.6 Å². The largest absolute Gasteiger partial charge is 0.468 e. The van der Waals surface area contributed by atoms with Gasteiger partial charge in [-0.25, -0.2) is 0 Å². The van der Waals surface area contributed by atoms with Crippen molar-refractivity contribution in [2.75, 3.05) is 20.1 Å². The summed E-state index contributed by atoms with van der Waals surface area (Å²) < 4.78 is 7.52. The lowest BCUT2D eigenvalue weighted by atomic mass is 9.90. The number of nitrogens with zero attached hydrogens (tertiary/aromatic N) is 4. The molecule has 0 N–H and O–H groups in total. The fourth-order valence-electron chi connectivity index (χ4n) is 4.69. The Morgan fingerprint density at radius 2 is 2.14 bits per heavy atom. The number of carbonyl (C=O) groups excluding carboxylic acids is 1. The molecule has 0 aromatic carbocycles. The van der Waals surface area contributed by atoms with Crippen LogP contribution in [0, 0.1) is 0 Å². The Balaban J connectivity index is 1.57. The van der Waals surface area contributed by atoms with Gasteiger partial charge in [0.2, 0.25) is 0 Å². The van der Waals surface area contributed by atoms with E-state index in [0.29, 0.717) is 18.3 Å². The number of furan rings is 1. The van der Waals surface area contributed by atoms with E-state index in [-0.39, 0.29) is 5.91 Å². The first-order chi connectivity index (χ1) is 14.2. The van der Waals surface area contributed by atoms with Crippen LogP contribution in [0.25, 0.3) is 0 Å². The number of likely N-dealkylation sites (N-methyl/N-ethyl adjacent to an activating group) is 1. The molecular formula is C23H32N4O2. The molecule has 2 aliphatic rings. The summed E-state index contributed by atoms with van der Waals surface area (Å²) >= 11 is 0. The predicted octanol–water partition coefficient (Wildman–Crippen LogP) is 3.67. The number of rotatable bonds is 6. The van der Waals surface area contributed by atoms with Gasteiger partial charge in [0.1, 0.15) is 5.76 Å². The van der Waals surface area contributed by atoms with Crippen molar-refractivity contribution in [3.63, 3.8) is 0 Å². The Kier molecular flexibility index (Phi) is 6.19. The maximum Gasteiger partial charge on any atom is 0.274 e. The van der Waals surface area contributed by atoms with Crippen molar-refractivity contribution in [2.45, 2.75) is 64.1 Å². The predicted molar refractivity (Wildman–Crippen MR) is 113 cm³/mol. The van der Waals surface area contributed by atoms with E-state index in [1.165, 1.54) is 18.5 Å². The molecule has 1 atom stereocenters. The lowest BCUT2D eigenvalue weighted by molar-refractivity contribution is 0.0753. The Morgan fingerprint density at radius 1 is 1.34 bits per heavy atom. The highest BCUT2D eigenvalue weighted by atomic mass is 16.3. The molecule has 6 nitrogen and oxygen atoms in total. The Morgan fingerprint density at radius 3 is 2.83 bits per heavy atom. The Labute approximate surface area is 173 Å². The second-order valence-corrected chi connectivity index (χ2v) is 8.34. The molecule has 1 unspecified atom stereocenters. The summed E-state index contributed by atoms with van der Waals surface area (Å²) in [5, 5.41) is 4.77. The van der Waals surface area contributed by atoms with E-state index in [1.807, 2.05) is 27.8 Å². The highest BCUT2D eigenvalue weighted by Crippen LogP contribution is 2.29. The second-order valence-electron chi connectivity index (χ2n) is 8.34. The molecule has 4 rings (SSSR count). The zero-order valence-corrected chi connectivity index (χ0v) is 17.5. The van der Waals surface area contributed by atoms with Crippen molar-refractivity contribution in [3.8, 4) is 0 Å². The first-order valence-electron chi connectivity index (χ1n) is 10.9. The van der Waals surface area contributed by atoms with Gasteiger partial charge in [0.05, 0.1) is 19.4 Å². The number of allylic oxidation sites excluding steroid dienone is 1. The number of aromatic nitrogens is 2. The standard InChI is InChI=1S/C23H32N4O2/c1-3-12-27-21-11-10-18(25(2)17-19-9-8-15-29-19)16-20(21)22(24-27)23(28)26-13-6-4-5-7-14-26/h3,8-9,15,18H,1,4-7,10-14,16-17H2,2H3. The summed E-state index contributed by atoms with van der Waals surface area (Å²) in [4.78, 5) is 17.7. The molecule has 29 heavy (non-hydrogen) atoms. The quantitative estimate of drug-likeness (QED) is 0.699. The minimum atomic E-state index is 0.111. The van der Waals surface area contributed by atoms with Crippen molar-refractivity contribution >= 4 is 5.91 Å². The van der Waals surface area contributed by atoms with Gasteiger partial charge in [0.15, 0.2) is 5.69 Å². The van der Waals surface area contributed by atoms with Crippen LogP contribution in [0.2, 0.25) is 0 Å². The third kappa shape index (κ3) is 4.32. The molecule has 0 saturated carbocycles. The number of fused-ring (bicyclic) bond motifs is 1. The molecule has 1 amide bonds. The Hall–Kier alpha value is -2.34. The minimum absolute atomic E-state index is 0.111. The van der Waals surface area contributed by atoms with Crippen LogP contribution in [0.15, 0.2) is 35.5 Å². The smallest absolute Gasteiger partial charge is 0.274 e. The van der Waals surface area contributed by atoms with Crippen LogP contribution in [-0.2, 0) is 25.9 Å². The van der Waals surface area contributed by atoms with E-state index in [9.17, 15) is 4.79 Å². The van der Waals surface area contributed by atoms with Gasteiger partial charge in [-0.15, -0.1) is 6.58 Å². The maximum atomic E-state index is 13.4. The van der Waals surface area contributed by atoms with Gasteiger partial charge in [0.25, 0.3) is 5.91 Å². The molecule has 1 aliphatic carbocycles. The third-order valence-electron chi connectivity index (χ3n) is 6.33. The van der Waals surface area contributed by atoms with E-state index < -0.39 is 0 Å². The topological polar surface area (TPSA) is 54.5 Å². The zero-order chi connectivity index (χ0) is 20.2. The Bertz CT molecular complexity index is 831. The van der Waals surface area contributed by atoms with Crippen molar-refractivity contribution in [3.05, 3.63) is 53.8 Å². The molecule has 2 aromatic heterocycles. The normalized spacial score (nSPS) is 19.8. The molecule has 1 fully saturated rings. The van der Waals surface area contributed by atoms with E-state index in [0.717, 1.165) is 63.1 Å². The molecule has 156 valence electrons. The fourth-order valence-corrected chi connectivity index (χ4v) is 4.69. The number of amides is 1. The highest BCUT2D eigenvalue weighted by Gasteiger charge is 2.32. The van der Waals surface area contributed by atoms with Crippen molar-refractivity contribution in [2.24, 2.45) is 0 Å². The van der Waals surface area contributed by atoms with Gasteiger partial charge in [-0.1, -0.05) is 18.9 Å². The van der Waals surface area contributed by atoms with Crippen LogP contribution >= 0.6 is 0 Å². The fraction of sp³-hybridized carbons (Fsp3) is 0.565. The van der Waals surface area contributed by atoms with Crippen LogP contribution < -0.4 is 0 Å². The average Bonchev–Trinajstić information content (AvgIpc) is 3.27. The van der Waals surface area contributed by atoms with E-state index in [2.05, 4.69) is 18.5 Å². The van der Waals surface area contributed by atoms with Crippen LogP contribution in [0.1, 0.15) is 59.6 Å². The van der Waals surface area contributed by atoms with Gasteiger partial charge >= 0.3 is 0 Å².